The summed E-state index contributed by atoms with van der Waals surface area (Å²) in [7, 11) is 0. The fourth-order valence-electron chi connectivity index (χ4n) is 5.44. The molecular formula is C32H31ClFN5O2S2. The van der Waals surface area contributed by atoms with Gasteiger partial charge in [0.2, 0.25) is 0 Å². The molecule has 2 saturated heterocycles. The average Bonchev–Trinajstić information content (AvgIpc) is 3.27. The number of aromatic nitrogens is 1. The maximum atomic E-state index is 14.5. The summed E-state index contributed by atoms with van der Waals surface area (Å²) in [6.07, 6.45) is 3.37. The third-order valence-electron chi connectivity index (χ3n) is 7.79. The molecule has 1 aromatic heterocycles. The Morgan fingerprint density at radius 3 is 2.42 bits per heavy atom. The van der Waals surface area contributed by atoms with Crippen LogP contribution in [0, 0.1) is 24.1 Å². The zero-order chi connectivity index (χ0) is 30.7. The van der Waals surface area contributed by atoms with Crippen LogP contribution in [0.2, 0.25) is 5.02 Å². The molecule has 2 aliphatic heterocycles. The van der Waals surface area contributed by atoms with E-state index in [9.17, 15) is 19.2 Å². The van der Waals surface area contributed by atoms with Crippen LogP contribution in [-0.2, 0) is 17.9 Å². The number of carbonyl (C=O) groups is 1. The number of pyridine rings is 1. The summed E-state index contributed by atoms with van der Waals surface area (Å²) in [6.45, 7) is 6.61. The summed E-state index contributed by atoms with van der Waals surface area (Å²) >= 11 is 13.2. The molecule has 2 aliphatic rings. The highest BCUT2D eigenvalue weighted by molar-refractivity contribution is 8.26. The van der Waals surface area contributed by atoms with E-state index in [0.717, 1.165) is 18.4 Å². The Balaban J connectivity index is 1.55. The molecule has 7 nitrogen and oxygen atoms in total. The quantitative estimate of drug-likeness (QED) is 0.211. The Morgan fingerprint density at radius 2 is 1.74 bits per heavy atom. The fraction of sp³-hybridized carbons (Fsp3) is 0.312. The van der Waals surface area contributed by atoms with E-state index in [1.165, 1.54) is 22.7 Å². The van der Waals surface area contributed by atoms with Crippen molar-refractivity contribution in [1.29, 1.82) is 5.26 Å². The highest BCUT2D eigenvalue weighted by Crippen LogP contribution is 2.37. The highest BCUT2D eigenvalue weighted by Gasteiger charge is 2.34. The lowest BCUT2D eigenvalue weighted by Crippen LogP contribution is -2.49. The Bertz CT molecular complexity index is 1710. The molecular weight excluding hydrogens is 605 g/mol. The molecule has 2 fully saturated rings. The number of hydrogen-bond donors (Lipinski definition) is 0. The first-order chi connectivity index (χ1) is 20.7. The molecule has 0 radical (unpaired) electrons. The standard InChI is InChI=1S/C32H31ClFN5O2S2/c1-3-4-13-38-29(37-16-14-36(15-17-37)27-12-8-7-11-26(27)34)23(21(2)24(19-35)30(38)40)18-28-31(41)39(32(42)43-28)20-22-9-5-6-10-25(22)33/h5-12,18H,3-4,13-17,20H2,1-2H3/b28-18+. The number of thiocarbonyl (C=S) groups is 1. The summed E-state index contributed by atoms with van der Waals surface area (Å²) in [6, 6.07) is 16.1. The predicted octanol–water partition coefficient (Wildman–Crippen LogP) is 6.35. The second-order valence-electron chi connectivity index (χ2n) is 10.4. The molecule has 3 aromatic rings. The van der Waals surface area contributed by atoms with Gasteiger partial charge in [-0.25, -0.2) is 4.39 Å². The number of amides is 1. The van der Waals surface area contributed by atoms with Gasteiger partial charge in [-0.2, -0.15) is 5.26 Å². The van der Waals surface area contributed by atoms with Gasteiger partial charge in [-0.05, 0) is 48.7 Å². The molecule has 0 atom stereocenters. The number of hydrogen-bond acceptors (Lipinski definition) is 7. The number of carbonyl (C=O) groups excluding carboxylic acids is 1. The Hall–Kier alpha value is -3.65. The van der Waals surface area contributed by atoms with Gasteiger partial charge in [-0.3, -0.25) is 19.1 Å². The number of thioether (sulfide) groups is 1. The second kappa shape index (κ2) is 13.3. The molecule has 1 amide bonds. The lowest BCUT2D eigenvalue weighted by atomic mass is 10.0. The largest absolute Gasteiger partial charge is 0.366 e. The maximum Gasteiger partial charge on any atom is 0.270 e. The highest BCUT2D eigenvalue weighted by atomic mass is 35.5. The van der Waals surface area contributed by atoms with E-state index in [4.69, 9.17) is 23.8 Å². The monoisotopic (exact) mass is 635 g/mol. The number of rotatable bonds is 8. The van der Waals surface area contributed by atoms with Gasteiger partial charge in [0.1, 0.15) is 27.6 Å². The van der Waals surface area contributed by atoms with Crippen LogP contribution in [0.5, 0.6) is 0 Å². The molecule has 43 heavy (non-hydrogen) atoms. The van der Waals surface area contributed by atoms with E-state index in [1.807, 2.05) is 36.1 Å². The number of unbranched alkanes of at least 4 members (excludes halogenated alkanes) is 1. The first kappa shape index (κ1) is 30.8. The fourth-order valence-corrected chi connectivity index (χ4v) is 6.87. The predicted molar refractivity (Wildman–Crippen MR) is 176 cm³/mol. The van der Waals surface area contributed by atoms with Crippen molar-refractivity contribution in [2.24, 2.45) is 0 Å². The van der Waals surface area contributed by atoms with Gasteiger partial charge in [0, 0.05) is 43.3 Å². The summed E-state index contributed by atoms with van der Waals surface area (Å²) in [5.74, 6) is 0.137. The van der Waals surface area contributed by atoms with Crippen LogP contribution in [-0.4, -0.2) is 45.9 Å². The number of benzene rings is 2. The van der Waals surface area contributed by atoms with Crippen LogP contribution in [0.4, 0.5) is 15.9 Å². The molecule has 0 saturated carbocycles. The van der Waals surface area contributed by atoms with Crippen LogP contribution >= 0.6 is 35.6 Å². The minimum atomic E-state index is -0.344. The van der Waals surface area contributed by atoms with Crippen molar-refractivity contribution >= 4 is 63.4 Å². The van der Waals surface area contributed by atoms with Crippen molar-refractivity contribution in [3.05, 3.63) is 96.9 Å². The molecule has 5 rings (SSSR count). The molecule has 0 bridgehead atoms. The van der Waals surface area contributed by atoms with Gasteiger partial charge < -0.3 is 9.80 Å². The first-order valence-corrected chi connectivity index (χ1v) is 15.8. The van der Waals surface area contributed by atoms with Crippen LogP contribution < -0.4 is 15.4 Å². The molecule has 0 unspecified atom stereocenters. The van der Waals surface area contributed by atoms with Crippen LogP contribution in [0.15, 0.2) is 58.2 Å². The third-order valence-corrected chi connectivity index (χ3v) is 9.54. The molecule has 0 spiro atoms. The van der Waals surface area contributed by atoms with Gasteiger partial charge in [-0.15, -0.1) is 0 Å². The Labute approximate surface area is 265 Å². The molecule has 11 heteroatoms. The lowest BCUT2D eigenvalue weighted by Gasteiger charge is -2.39. The number of halogens is 2. The smallest absolute Gasteiger partial charge is 0.270 e. The Morgan fingerprint density at radius 1 is 1.07 bits per heavy atom. The minimum absolute atomic E-state index is 0.0580. The summed E-state index contributed by atoms with van der Waals surface area (Å²) in [4.78, 5) is 33.3. The molecule has 222 valence electrons. The molecule has 2 aromatic carbocycles. The van der Waals surface area contributed by atoms with Gasteiger partial charge in [0.25, 0.3) is 11.5 Å². The number of piperazine rings is 1. The normalized spacial score (nSPS) is 16.3. The van der Waals surface area contributed by atoms with Crippen molar-refractivity contribution in [3.8, 4) is 6.07 Å². The number of nitrogens with zero attached hydrogens (tertiary/aromatic N) is 5. The van der Waals surface area contributed by atoms with Crippen LogP contribution in [0.3, 0.4) is 0 Å². The van der Waals surface area contributed by atoms with Crippen molar-refractivity contribution in [2.75, 3.05) is 36.0 Å². The molecule has 3 heterocycles. The van der Waals surface area contributed by atoms with E-state index >= 15 is 0 Å². The van der Waals surface area contributed by atoms with Gasteiger partial charge >= 0.3 is 0 Å². The lowest BCUT2D eigenvalue weighted by molar-refractivity contribution is -0.122. The van der Waals surface area contributed by atoms with Gasteiger partial charge in [-0.1, -0.05) is 79.3 Å². The van der Waals surface area contributed by atoms with E-state index in [1.54, 1.807) is 35.8 Å². The zero-order valence-electron chi connectivity index (χ0n) is 24.0. The average molecular weight is 636 g/mol. The molecule has 0 aliphatic carbocycles. The third kappa shape index (κ3) is 6.21. The Kier molecular flexibility index (Phi) is 9.55. The van der Waals surface area contributed by atoms with Crippen molar-refractivity contribution < 1.29 is 9.18 Å². The van der Waals surface area contributed by atoms with Crippen molar-refractivity contribution in [2.45, 2.75) is 39.8 Å². The van der Waals surface area contributed by atoms with Crippen LogP contribution in [0.25, 0.3) is 6.08 Å². The second-order valence-corrected chi connectivity index (χ2v) is 12.5. The van der Waals surface area contributed by atoms with E-state index in [2.05, 4.69) is 11.0 Å². The zero-order valence-corrected chi connectivity index (χ0v) is 26.4. The molecule has 0 N–H and O–H groups in total. The topological polar surface area (TPSA) is 72.6 Å². The van der Waals surface area contributed by atoms with Crippen LogP contribution in [0.1, 0.15) is 42.0 Å². The summed E-state index contributed by atoms with van der Waals surface area (Å²) in [5.41, 5.74) is 2.20. The number of nitriles is 1. The van der Waals surface area contributed by atoms with Gasteiger partial charge in [0.15, 0.2) is 0 Å². The maximum absolute atomic E-state index is 14.5. The summed E-state index contributed by atoms with van der Waals surface area (Å²) < 4.78 is 16.6. The van der Waals surface area contributed by atoms with E-state index in [0.29, 0.717) is 69.6 Å². The minimum Gasteiger partial charge on any atom is -0.366 e. The van der Waals surface area contributed by atoms with E-state index < -0.39 is 0 Å². The van der Waals surface area contributed by atoms with Crippen molar-refractivity contribution in [3.63, 3.8) is 0 Å². The first-order valence-electron chi connectivity index (χ1n) is 14.2. The SMILES string of the molecule is CCCCn1c(N2CCN(c3ccccc3F)CC2)c(/C=C2/SC(=S)N(Cc3ccccc3Cl)C2=O)c(C)c(C#N)c1=O. The van der Waals surface area contributed by atoms with Gasteiger partial charge in [0.05, 0.1) is 17.1 Å². The summed E-state index contributed by atoms with van der Waals surface area (Å²) in [5, 5.41) is 10.5. The van der Waals surface area contributed by atoms with Crippen molar-refractivity contribution in [1.82, 2.24) is 9.47 Å². The number of para-hydroxylation sites is 1. The van der Waals surface area contributed by atoms with E-state index in [-0.39, 0.29) is 29.4 Å². The number of anilines is 2.